The van der Waals surface area contributed by atoms with Crippen LogP contribution in [0.2, 0.25) is 0 Å². The molecule has 0 saturated heterocycles. The van der Waals surface area contributed by atoms with E-state index in [2.05, 4.69) is 55.7 Å². The van der Waals surface area contributed by atoms with Gasteiger partial charge in [-0.2, -0.15) is 0 Å². The number of aryl methyl sites for hydroxylation is 1. The van der Waals surface area contributed by atoms with Gasteiger partial charge in [0.05, 0.1) is 3.79 Å². The lowest BCUT2D eigenvalue weighted by Gasteiger charge is -2.07. The topological polar surface area (TPSA) is 42.7 Å². The van der Waals surface area contributed by atoms with E-state index in [-0.39, 0.29) is 0 Å². The number of benzene rings is 1. The fraction of sp³-hybridized carbons (Fsp3) is 0.143. The minimum absolute atomic E-state index is 0.818. The Balaban J connectivity index is 1.76. The van der Waals surface area contributed by atoms with Gasteiger partial charge in [0.1, 0.15) is 6.33 Å². The summed E-state index contributed by atoms with van der Waals surface area (Å²) in [5.41, 5.74) is 2.14. The molecule has 0 saturated carbocycles. The Bertz CT molecular complexity index is 719. The van der Waals surface area contributed by atoms with Gasteiger partial charge in [0.2, 0.25) is 0 Å². The Morgan fingerprint density at radius 3 is 2.90 bits per heavy atom. The second kappa shape index (κ2) is 5.76. The van der Waals surface area contributed by atoms with E-state index in [1.165, 1.54) is 4.88 Å². The van der Waals surface area contributed by atoms with Gasteiger partial charge in [-0.05, 0) is 40.2 Å². The first-order valence-corrected chi connectivity index (χ1v) is 7.76. The van der Waals surface area contributed by atoms with Crippen molar-refractivity contribution in [2.75, 3.05) is 5.32 Å². The molecule has 0 unspecified atom stereocenters. The third-order valence-electron chi connectivity index (χ3n) is 2.93. The number of hydrogen-bond donors (Lipinski definition) is 1. The zero-order chi connectivity index (χ0) is 13.9. The summed E-state index contributed by atoms with van der Waals surface area (Å²) in [6, 6.07) is 12.4. The Morgan fingerprint density at radius 1 is 1.30 bits per heavy atom. The summed E-state index contributed by atoms with van der Waals surface area (Å²) in [6.07, 6.45) is 1.71. The van der Waals surface area contributed by atoms with Crippen LogP contribution in [0.1, 0.15) is 4.88 Å². The van der Waals surface area contributed by atoms with Crippen LogP contribution >= 0.6 is 27.3 Å². The highest BCUT2D eigenvalue weighted by Crippen LogP contribution is 2.24. The van der Waals surface area contributed by atoms with Crippen LogP contribution in [0.4, 0.5) is 5.69 Å². The van der Waals surface area contributed by atoms with E-state index in [9.17, 15) is 0 Å². The van der Waals surface area contributed by atoms with E-state index in [1.807, 2.05) is 23.7 Å². The average molecular weight is 349 g/mol. The summed E-state index contributed by atoms with van der Waals surface area (Å²) < 4.78 is 3.07. The van der Waals surface area contributed by atoms with Gasteiger partial charge >= 0.3 is 0 Å². The summed E-state index contributed by atoms with van der Waals surface area (Å²) in [4.78, 5) is 1.29. The molecule has 0 amide bonds. The largest absolute Gasteiger partial charge is 0.380 e. The Labute approximate surface area is 129 Å². The Hall–Kier alpha value is -1.66. The van der Waals surface area contributed by atoms with Crippen molar-refractivity contribution < 1.29 is 0 Å². The fourth-order valence-electron chi connectivity index (χ4n) is 1.95. The second-order valence-electron chi connectivity index (χ2n) is 4.41. The lowest BCUT2D eigenvalue weighted by Crippen LogP contribution is -1.98. The van der Waals surface area contributed by atoms with Crippen molar-refractivity contribution >= 4 is 33.0 Å². The number of halogens is 1. The van der Waals surface area contributed by atoms with Crippen molar-refractivity contribution in [3.05, 3.63) is 51.4 Å². The standard InChI is InChI=1S/C14H13BrN4S/c1-19-9-17-18-14(19)10-3-2-4-11(7-10)16-8-12-5-6-13(15)20-12/h2-7,9,16H,8H2,1H3. The van der Waals surface area contributed by atoms with E-state index in [0.717, 1.165) is 27.4 Å². The first-order valence-electron chi connectivity index (χ1n) is 6.15. The number of aromatic nitrogens is 3. The van der Waals surface area contributed by atoms with E-state index in [1.54, 1.807) is 17.7 Å². The van der Waals surface area contributed by atoms with Crippen LogP contribution in [0.5, 0.6) is 0 Å². The summed E-state index contributed by atoms with van der Waals surface area (Å²) in [6.45, 7) is 0.818. The predicted octanol–water partition coefficient (Wildman–Crippen LogP) is 3.92. The smallest absolute Gasteiger partial charge is 0.163 e. The van der Waals surface area contributed by atoms with E-state index >= 15 is 0 Å². The first kappa shape index (κ1) is 13.3. The maximum absolute atomic E-state index is 4.13. The molecule has 0 bridgehead atoms. The van der Waals surface area contributed by atoms with Gasteiger partial charge < -0.3 is 9.88 Å². The maximum atomic E-state index is 4.13. The molecule has 1 N–H and O–H groups in total. The number of nitrogens with one attached hydrogen (secondary N) is 1. The molecule has 1 aromatic carbocycles. The van der Waals surface area contributed by atoms with Gasteiger partial charge in [-0.15, -0.1) is 21.5 Å². The molecule has 0 spiro atoms. The number of hydrogen-bond acceptors (Lipinski definition) is 4. The lowest BCUT2D eigenvalue weighted by molar-refractivity contribution is 0.920. The minimum Gasteiger partial charge on any atom is -0.380 e. The predicted molar refractivity (Wildman–Crippen MR) is 85.8 cm³/mol. The molecule has 3 aromatic rings. The maximum Gasteiger partial charge on any atom is 0.163 e. The van der Waals surface area contributed by atoms with Gasteiger partial charge in [0, 0.05) is 29.7 Å². The van der Waals surface area contributed by atoms with Crippen molar-refractivity contribution in [1.29, 1.82) is 0 Å². The summed E-state index contributed by atoms with van der Waals surface area (Å²) in [5.74, 6) is 0.868. The molecule has 2 heterocycles. The fourth-order valence-corrected chi connectivity index (χ4v) is 3.37. The van der Waals surface area contributed by atoms with Gasteiger partial charge in [-0.25, -0.2) is 0 Å². The quantitative estimate of drug-likeness (QED) is 0.776. The Morgan fingerprint density at radius 2 is 2.20 bits per heavy atom. The lowest BCUT2D eigenvalue weighted by atomic mass is 10.2. The van der Waals surface area contributed by atoms with Gasteiger partial charge in [0.15, 0.2) is 5.82 Å². The molecule has 0 aliphatic rings. The molecule has 2 aromatic heterocycles. The number of nitrogens with zero attached hydrogens (tertiary/aromatic N) is 3. The van der Waals surface area contributed by atoms with Crippen molar-refractivity contribution in [3.63, 3.8) is 0 Å². The average Bonchev–Trinajstić information content (AvgIpc) is 3.05. The van der Waals surface area contributed by atoms with Crippen LogP contribution < -0.4 is 5.32 Å². The van der Waals surface area contributed by atoms with Crippen LogP contribution in [-0.2, 0) is 13.6 Å². The van der Waals surface area contributed by atoms with Crippen LogP contribution in [0, 0.1) is 0 Å². The third-order valence-corrected chi connectivity index (χ3v) is 4.55. The molecule has 0 aliphatic heterocycles. The van der Waals surface area contributed by atoms with Crippen LogP contribution in [-0.4, -0.2) is 14.8 Å². The zero-order valence-electron chi connectivity index (χ0n) is 10.9. The highest BCUT2D eigenvalue weighted by molar-refractivity contribution is 9.11. The van der Waals surface area contributed by atoms with Crippen molar-refractivity contribution in [2.24, 2.45) is 7.05 Å². The molecule has 0 atom stereocenters. The molecule has 0 radical (unpaired) electrons. The molecular weight excluding hydrogens is 336 g/mol. The molecule has 3 rings (SSSR count). The number of rotatable bonds is 4. The monoisotopic (exact) mass is 348 g/mol. The normalized spacial score (nSPS) is 10.7. The van der Waals surface area contributed by atoms with Crippen molar-refractivity contribution in [1.82, 2.24) is 14.8 Å². The molecular formula is C14H13BrN4S. The minimum atomic E-state index is 0.818. The van der Waals surface area contributed by atoms with Crippen molar-refractivity contribution in [3.8, 4) is 11.4 Å². The molecule has 20 heavy (non-hydrogen) atoms. The van der Waals surface area contributed by atoms with Crippen LogP contribution in [0.25, 0.3) is 11.4 Å². The van der Waals surface area contributed by atoms with E-state index < -0.39 is 0 Å². The molecule has 4 nitrogen and oxygen atoms in total. The van der Waals surface area contributed by atoms with E-state index in [4.69, 9.17) is 0 Å². The molecule has 6 heteroatoms. The first-order chi connectivity index (χ1) is 9.72. The number of thiophene rings is 1. The third kappa shape index (κ3) is 2.91. The highest BCUT2D eigenvalue weighted by atomic mass is 79.9. The van der Waals surface area contributed by atoms with Gasteiger partial charge in [0.25, 0.3) is 0 Å². The van der Waals surface area contributed by atoms with Crippen LogP contribution in [0.3, 0.4) is 0 Å². The molecule has 0 fully saturated rings. The van der Waals surface area contributed by atoms with Gasteiger partial charge in [-0.1, -0.05) is 12.1 Å². The highest BCUT2D eigenvalue weighted by Gasteiger charge is 2.05. The van der Waals surface area contributed by atoms with Crippen LogP contribution in [0.15, 0.2) is 46.5 Å². The second-order valence-corrected chi connectivity index (χ2v) is 6.95. The number of anilines is 1. The van der Waals surface area contributed by atoms with Gasteiger partial charge in [-0.3, -0.25) is 0 Å². The SMILES string of the molecule is Cn1cnnc1-c1cccc(NCc2ccc(Br)s2)c1. The molecule has 0 aliphatic carbocycles. The molecule has 102 valence electrons. The van der Waals surface area contributed by atoms with Crippen molar-refractivity contribution in [2.45, 2.75) is 6.54 Å². The Kier molecular flexibility index (Phi) is 3.84. The zero-order valence-corrected chi connectivity index (χ0v) is 13.3. The summed E-state index contributed by atoms with van der Waals surface area (Å²) in [7, 11) is 1.94. The summed E-state index contributed by atoms with van der Waals surface area (Å²) in [5, 5.41) is 11.5. The summed E-state index contributed by atoms with van der Waals surface area (Å²) >= 11 is 5.22. The van der Waals surface area contributed by atoms with E-state index in [0.29, 0.717) is 0 Å².